The molecule has 0 atom stereocenters. The van der Waals surface area contributed by atoms with Crippen LogP contribution in [-0.2, 0) is 7.05 Å². The molecule has 0 saturated carbocycles. The van der Waals surface area contributed by atoms with Crippen LogP contribution in [0.25, 0.3) is 11.3 Å². The Labute approximate surface area is 101 Å². The summed E-state index contributed by atoms with van der Waals surface area (Å²) in [5.74, 6) is 0.0820. The summed E-state index contributed by atoms with van der Waals surface area (Å²) in [6.07, 6.45) is 0. The number of aryl methyl sites for hydroxylation is 1. The predicted octanol–water partition coefficient (Wildman–Crippen LogP) is 2.05. The third kappa shape index (κ3) is 2.71. The first-order valence-electron chi connectivity index (χ1n) is 5.16. The summed E-state index contributed by atoms with van der Waals surface area (Å²) in [7, 11) is 1.54. The largest absolute Gasteiger partial charge is 0.435 e. The van der Waals surface area contributed by atoms with Crippen molar-refractivity contribution >= 4 is 0 Å². The summed E-state index contributed by atoms with van der Waals surface area (Å²) in [5, 5.41) is 4.05. The number of alkyl halides is 2. The molecule has 0 aliphatic rings. The molecule has 0 spiro atoms. The van der Waals surface area contributed by atoms with Gasteiger partial charge in [-0.05, 0) is 30.3 Å². The van der Waals surface area contributed by atoms with Crippen LogP contribution in [0, 0.1) is 0 Å². The SMILES string of the molecule is Cn1nc(-c2ccc(OC(F)F)cc2)ccc1=O. The number of nitrogens with zero attached hydrogens (tertiary/aromatic N) is 2. The second kappa shape index (κ2) is 4.95. The lowest BCUT2D eigenvalue weighted by Crippen LogP contribution is -2.18. The van der Waals surface area contributed by atoms with Gasteiger partial charge < -0.3 is 4.74 Å². The standard InChI is InChI=1S/C12H10F2N2O2/c1-16-11(17)7-6-10(15-16)8-2-4-9(5-3-8)18-12(13)14/h2-7,12H,1H3. The molecular weight excluding hydrogens is 242 g/mol. The molecule has 6 heteroatoms. The Hall–Kier alpha value is -2.24. The van der Waals surface area contributed by atoms with Crippen molar-refractivity contribution < 1.29 is 13.5 Å². The van der Waals surface area contributed by atoms with Crippen LogP contribution in [0.3, 0.4) is 0 Å². The second-order valence-corrected chi connectivity index (χ2v) is 3.58. The van der Waals surface area contributed by atoms with E-state index in [0.29, 0.717) is 11.3 Å². The van der Waals surface area contributed by atoms with E-state index in [1.165, 1.54) is 22.9 Å². The lowest BCUT2D eigenvalue weighted by atomic mass is 10.1. The van der Waals surface area contributed by atoms with E-state index in [2.05, 4.69) is 9.84 Å². The molecule has 0 aliphatic carbocycles. The number of rotatable bonds is 3. The molecule has 0 amide bonds. The number of ether oxygens (including phenoxy) is 1. The van der Waals surface area contributed by atoms with Crippen LogP contribution in [0.4, 0.5) is 8.78 Å². The zero-order valence-corrected chi connectivity index (χ0v) is 9.51. The van der Waals surface area contributed by atoms with Crippen LogP contribution in [-0.4, -0.2) is 16.4 Å². The van der Waals surface area contributed by atoms with Crippen LogP contribution < -0.4 is 10.3 Å². The smallest absolute Gasteiger partial charge is 0.387 e. The lowest BCUT2D eigenvalue weighted by molar-refractivity contribution is -0.0498. The van der Waals surface area contributed by atoms with Gasteiger partial charge in [0.1, 0.15) is 5.75 Å². The van der Waals surface area contributed by atoms with E-state index >= 15 is 0 Å². The summed E-state index contributed by atoms with van der Waals surface area (Å²) >= 11 is 0. The van der Waals surface area contributed by atoms with Crippen molar-refractivity contribution in [1.82, 2.24) is 9.78 Å². The van der Waals surface area contributed by atoms with Crippen molar-refractivity contribution in [3.05, 3.63) is 46.8 Å². The Balaban J connectivity index is 2.28. The average Bonchev–Trinajstić information content (AvgIpc) is 2.33. The summed E-state index contributed by atoms with van der Waals surface area (Å²) < 4.78 is 29.4. The van der Waals surface area contributed by atoms with Crippen LogP contribution in [0.2, 0.25) is 0 Å². The van der Waals surface area contributed by atoms with Gasteiger partial charge in [0.2, 0.25) is 0 Å². The minimum Gasteiger partial charge on any atom is -0.435 e. The molecule has 0 saturated heterocycles. The van der Waals surface area contributed by atoms with Gasteiger partial charge in [0.05, 0.1) is 5.69 Å². The van der Waals surface area contributed by atoms with E-state index in [1.54, 1.807) is 25.2 Å². The van der Waals surface area contributed by atoms with Gasteiger partial charge in [-0.1, -0.05) is 0 Å². The first-order valence-corrected chi connectivity index (χ1v) is 5.16. The quantitative estimate of drug-likeness (QED) is 0.839. The molecule has 1 aromatic carbocycles. The van der Waals surface area contributed by atoms with E-state index in [-0.39, 0.29) is 11.3 Å². The van der Waals surface area contributed by atoms with Crippen molar-refractivity contribution in [3.63, 3.8) is 0 Å². The number of aromatic nitrogens is 2. The molecule has 2 aromatic rings. The maximum absolute atomic E-state index is 12.0. The topological polar surface area (TPSA) is 44.1 Å². The van der Waals surface area contributed by atoms with Gasteiger partial charge in [-0.15, -0.1) is 0 Å². The van der Waals surface area contributed by atoms with Gasteiger partial charge in [0.15, 0.2) is 0 Å². The highest BCUT2D eigenvalue weighted by molar-refractivity contribution is 5.59. The van der Waals surface area contributed by atoms with Gasteiger partial charge in [-0.2, -0.15) is 13.9 Å². The molecule has 0 fully saturated rings. The fourth-order valence-electron chi connectivity index (χ4n) is 1.46. The molecule has 0 aliphatic heterocycles. The highest BCUT2D eigenvalue weighted by Crippen LogP contribution is 2.20. The highest BCUT2D eigenvalue weighted by Gasteiger charge is 2.05. The van der Waals surface area contributed by atoms with E-state index in [4.69, 9.17) is 0 Å². The van der Waals surface area contributed by atoms with Crippen LogP contribution >= 0.6 is 0 Å². The Kier molecular flexibility index (Phi) is 3.36. The van der Waals surface area contributed by atoms with Gasteiger partial charge in [-0.3, -0.25) is 4.79 Å². The first kappa shape index (κ1) is 12.2. The Bertz CT molecular complexity index is 594. The van der Waals surface area contributed by atoms with Gasteiger partial charge in [0.25, 0.3) is 5.56 Å². The molecule has 1 aromatic heterocycles. The number of benzene rings is 1. The maximum atomic E-state index is 12.0. The third-order valence-corrected chi connectivity index (χ3v) is 2.34. The second-order valence-electron chi connectivity index (χ2n) is 3.58. The van der Waals surface area contributed by atoms with Crippen LogP contribution in [0.1, 0.15) is 0 Å². The lowest BCUT2D eigenvalue weighted by Gasteiger charge is -2.06. The average molecular weight is 252 g/mol. The molecule has 0 N–H and O–H groups in total. The minimum atomic E-state index is -2.84. The Morgan fingerprint density at radius 2 is 1.83 bits per heavy atom. The predicted molar refractivity (Wildman–Crippen MR) is 61.5 cm³/mol. The molecule has 0 bridgehead atoms. The summed E-state index contributed by atoms with van der Waals surface area (Å²) in [6.45, 7) is -2.84. The first-order chi connectivity index (χ1) is 8.56. The maximum Gasteiger partial charge on any atom is 0.387 e. The van der Waals surface area contributed by atoms with Crippen molar-refractivity contribution in [2.75, 3.05) is 0 Å². The molecule has 18 heavy (non-hydrogen) atoms. The summed E-state index contributed by atoms with van der Waals surface area (Å²) in [5.41, 5.74) is 1.09. The monoisotopic (exact) mass is 252 g/mol. The molecule has 0 unspecified atom stereocenters. The van der Waals surface area contributed by atoms with E-state index in [0.717, 1.165) is 0 Å². The molecule has 1 heterocycles. The zero-order valence-electron chi connectivity index (χ0n) is 9.51. The molecule has 2 rings (SSSR count). The number of halogens is 2. The molecule has 0 radical (unpaired) electrons. The van der Waals surface area contributed by atoms with Crippen molar-refractivity contribution in [3.8, 4) is 17.0 Å². The summed E-state index contributed by atoms with van der Waals surface area (Å²) in [6, 6.07) is 9.02. The number of hydrogen-bond acceptors (Lipinski definition) is 3. The van der Waals surface area contributed by atoms with Crippen molar-refractivity contribution in [2.45, 2.75) is 6.61 Å². The molecule has 94 valence electrons. The highest BCUT2D eigenvalue weighted by atomic mass is 19.3. The third-order valence-electron chi connectivity index (χ3n) is 2.34. The minimum absolute atomic E-state index is 0.0820. The molecular formula is C12H10F2N2O2. The van der Waals surface area contributed by atoms with Gasteiger partial charge in [0, 0.05) is 18.7 Å². The zero-order chi connectivity index (χ0) is 13.1. The van der Waals surface area contributed by atoms with Crippen LogP contribution in [0.5, 0.6) is 5.75 Å². The van der Waals surface area contributed by atoms with Gasteiger partial charge >= 0.3 is 6.61 Å². The normalized spacial score (nSPS) is 10.7. The van der Waals surface area contributed by atoms with Gasteiger partial charge in [-0.25, -0.2) is 4.68 Å². The van der Waals surface area contributed by atoms with Crippen molar-refractivity contribution in [2.24, 2.45) is 7.05 Å². The Morgan fingerprint density at radius 3 is 2.39 bits per heavy atom. The van der Waals surface area contributed by atoms with E-state index in [1.807, 2.05) is 0 Å². The van der Waals surface area contributed by atoms with E-state index in [9.17, 15) is 13.6 Å². The number of hydrogen-bond donors (Lipinski definition) is 0. The fourth-order valence-corrected chi connectivity index (χ4v) is 1.46. The van der Waals surface area contributed by atoms with Crippen molar-refractivity contribution in [1.29, 1.82) is 0 Å². The Morgan fingerprint density at radius 1 is 1.17 bits per heavy atom. The molecule has 4 nitrogen and oxygen atoms in total. The van der Waals surface area contributed by atoms with Crippen LogP contribution in [0.15, 0.2) is 41.2 Å². The fraction of sp³-hybridized carbons (Fsp3) is 0.167. The van der Waals surface area contributed by atoms with E-state index < -0.39 is 6.61 Å². The summed E-state index contributed by atoms with van der Waals surface area (Å²) in [4.78, 5) is 11.2.